The second kappa shape index (κ2) is 8.07. The summed E-state index contributed by atoms with van der Waals surface area (Å²) in [7, 11) is 0. The number of urea groups is 1. The molecule has 3 heterocycles. The number of halogens is 1. The second-order valence-electron chi connectivity index (χ2n) is 7.77. The minimum Gasteiger partial charge on any atom is -0.464 e. The Balaban J connectivity index is 1.37. The number of benzene rings is 2. The lowest BCUT2D eigenvalue weighted by Gasteiger charge is -2.25. The first-order valence-corrected chi connectivity index (χ1v) is 10.7. The van der Waals surface area contributed by atoms with Gasteiger partial charge in [-0.25, -0.2) is 4.79 Å². The summed E-state index contributed by atoms with van der Waals surface area (Å²) >= 11 is 6.02. The summed E-state index contributed by atoms with van der Waals surface area (Å²) in [5, 5.41) is 13.4. The van der Waals surface area contributed by atoms with Crippen LogP contribution in [-0.4, -0.2) is 32.2 Å². The largest absolute Gasteiger partial charge is 0.464 e. The van der Waals surface area contributed by atoms with Crippen LogP contribution >= 0.6 is 11.6 Å². The van der Waals surface area contributed by atoms with Gasteiger partial charge in [0.15, 0.2) is 5.82 Å². The van der Waals surface area contributed by atoms with E-state index in [2.05, 4.69) is 20.1 Å². The fraction of sp³-hybridized carbons (Fsp3) is 0.261. The molecule has 4 aromatic rings. The normalized spacial score (nSPS) is 16.2. The van der Waals surface area contributed by atoms with Crippen molar-refractivity contribution in [2.45, 2.75) is 32.4 Å². The summed E-state index contributed by atoms with van der Waals surface area (Å²) in [5.74, 6) is 1.63. The molecule has 31 heavy (non-hydrogen) atoms. The van der Waals surface area contributed by atoms with Crippen molar-refractivity contribution in [3.63, 3.8) is 0 Å². The van der Waals surface area contributed by atoms with Crippen LogP contribution in [0.3, 0.4) is 0 Å². The number of hydrogen-bond acceptors (Lipinski definition) is 4. The Hall–Kier alpha value is -3.32. The summed E-state index contributed by atoms with van der Waals surface area (Å²) in [6, 6.07) is 15.0. The molecule has 2 aromatic heterocycles. The number of hydrogen-bond donors (Lipinski definition) is 1. The molecule has 158 valence electrons. The molecule has 1 aliphatic heterocycles. The smallest absolute Gasteiger partial charge is 0.322 e. The Labute approximate surface area is 184 Å². The molecule has 2 aromatic carbocycles. The number of anilines is 1. The molecular weight excluding hydrogens is 414 g/mol. The summed E-state index contributed by atoms with van der Waals surface area (Å²) in [6.45, 7) is 3.25. The predicted octanol–water partition coefficient (Wildman–Crippen LogP) is 5.40. The first-order valence-electron chi connectivity index (χ1n) is 10.3. The number of aryl methyl sites for hydroxylation is 1. The molecule has 0 radical (unpaired) electrons. The van der Waals surface area contributed by atoms with Gasteiger partial charge in [-0.3, -0.25) is 0 Å². The molecule has 2 amide bonds. The third-order valence-corrected chi connectivity index (χ3v) is 5.99. The summed E-state index contributed by atoms with van der Waals surface area (Å²) in [5.41, 5.74) is 2.64. The van der Waals surface area contributed by atoms with Gasteiger partial charge in [0.2, 0.25) is 0 Å². The number of carbonyl (C=O) groups excluding carboxylic acids is 1. The van der Waals surface area contributed by atoms with E-state index in [4.69, 9.17) is 16.0 Å². The zero-order chi connectivity index (χ0) is 21.4. The maximum absolute atomic E-state index is 13.1. The van der Waals surface area contributed by atoms with Crippen molar-refractivity contribution in [1.29, 1.82) is 0 Å². The predicted molar refractivity (Wildman–Crippen MR) is 119 cm³/mol. The van der Waals surface area contributed by atoms with E-state index in [9.17, 15) is 4.79 Å². The molecule has 7 nitrogen and oxygen atoms in total. The Morgan fingerprint density at radius 3 is 2.87 bits per heavy atom. The minimum absolute atomic E-state index is 0.119. The number of rotatable bonds is 4. The van der Waals surface area contributed by atoms with Gasteiger partial charge in [0.05, 0.1) is 18.8 Å². The number of nitrogens with one attached hydrogen (secondary N) is 1. The molecule has 1 saturated heterocycles. The van der Waals surface area contributed by atoms with Crippen molar-refractivity contribution >= 4 is 34.3 Å². The van der Waals surface area contributed by atoms with Gasteiger partial charge in [0, 0.05) is 22.6 Å². The van der Waals surface area contributed by atoms with Crippen LogP contribution in [0.1, 0.15) is 36.1 Å². The third-order valence-electron chi connectivity index (χ3n) is 5.73. The first kappa shape index (κ1) is 19.6. The minimum atomic E-state index is -0.135. The molecule has 1 fully saturated rings. The number of nitrogens with zero attached hydrogens (tertiary/aromatic N) is 4. The standard InChI is InChI=1S/C23H22ClN5O2/c1-15-26-27-22(29(15)14-16-4-6-18(24)7-5-16)20-3-2-11-28(20)23(30)25-19-8-9-21-17(13-19)10-12-31-21/h4-10,12-13,20H,2-3,11,14H2,1H3,(H,25,30)/t20-/m1/s1. The number of carbonyl (C=O) groups is 1. The van der Waals surface area contributed by atoms with Crippen molar-refractivity contribution < 1.29 is 9.21 Å². The van der Waals surface area contributed by atoms with Crippen LogP contribution < -0.4 is 5.32 Å². The van der Waals surface area contributed by atoms with Gasteiger partial charge in [-0.05, 0) is 61.7 Å². The van der Waals surface area contributed by atoms with Gasteiger partial charge in [0.25, 0.3) is 0 Å². The highest BCUT2D eigenvalue weighted by atomic mass is 35.5. The fourth-order valence-electron chi connectivity index (χ4n) is 4.13. The Morgan fingerprint density at radius 2 is 2.03 bits per heavy atom. The fourth-order valence-corrected chi connectivity index (χ4v) is 4.26. The van der Waals surface area contributed by atoms with Gasteiger partial charge in [-0.2, -0.15) is 0 Å². The van der Waals surface area contributed by atoms with Gasteiger partial charge < -0.3 is 19.2 Å². The summed E-state index contributed by atoms with van der Waals surface area (Å²) < 4.78 is 7.46. The highest BCUT2D eigenvalue weighted by molar-refractivity contribution is 6.30. The third kappa shape index (κ3) is 3.88. The van der Waals surface area contributed by atoms with E-state index >= 15 is 0 Å². The summed E-state index contributed by atoms with van der Waals surface area (Å²) in [4.78, 5) is 15.0. The van der Waals surface area contributed by atoms with Crippen molar-refractivity contribution in [3.05, 3.63) is 77.0 Å². The van der Waals surface area contributed by atoms with Crippen molar-refractivity contribution in [2.24, 2.45) is 0 Å². The number of furan rings is 1. The molecule has 1 N–H and O–H groups in total. The van der Waals surface area contributed by atoms with E-state index in [0.29, 0.717) is 18.1 Å². The second-order valence-corrected chi connectivity index (χ2v) is 8.21. The van der Waals surface area contributed by atoms with E-state index in [1.165, 1.54) is 0 Å². The van der Waals surface area contributed by atoms with Crippen molar-refractivity contribution in [3.8, 4) is 0 Å². The monoisotopic (exact) mass is 435 g/mol. The maximum atomic E-state index is 13.1. The van der Waals surface area contributed by atoms with Crippen LogP contribution in [-0.2, 0) is 6.54 Å². The lowest BCUT2D eigenvalue weighted by atomic mass is 10.2. The van der Waals surface area contributed by atoms with Crippen molar-refractivity contribution in [1.82, 2.24) is 19.7 Å². The molecule has 8 heteroatoms. The zero-order valence-corrected chi connectivity index (χ0v) is 17.8. The average Bonchev–Trinajstić information content (AvgIpc) is 3.50. The van der Waals surface area contributed by atoms with E-state index in [1.54, 1.807) is 6.26 Å². The molecule has 5 rings (SSSR count). The average molecular weight is 436 g/mol. The van der Waals surface area contributed by atoms with E-state index < -0.39 is 0 Å². The van der Waals surface area contributed by atoms with Crippen molar-refractivity contribution in [2.75, 3.05) is 11.9 Å². The van der Waals surface area contributed by atoms with Crippen LogP contribution in [0.5, 0.6) is 0 Å². The lowest BCUT2D eigenvalue weighted by Crippen LogP contribution is -2.35. The van der Waals surface area contributed by atoms with Crippen LogP contribution in [0, 0.1) is 6.92 Å². The Bertz CT molecular complexity index is 1230. The topological polar surface area (TPSA) is 76.2 Å². The number of amides is 2. The van der Waals surface area contributed by atoms with Gasteiger partial charge in [-0.1, -0.05) is 23.7 Å². The number of fused-ring (bicyclic) bond motifs is 1. The molecule has 0 spiro atoms. The first-order chi connectivity index (χ1) is 15.1. The molecule has 0 bridgehead atoms. The quantitative estimate of drug-likeness (QED) is 0.465. The molecular formula is C23H22ClN5O2. The maximum Gasteiger partial charge on any atom is 0.322 e. The highest BCUT2D eigenvalue weighted by Gasteiger charge is 2.34. The highest BCUT2D eigenvalue weighted by Crippen LogP contribution is 2.32. The molecule has 0 unspecified atom stereocenters. The van der Waals surface area contributed by atoms with E-state index in [0.717, 1.165) is 46.7 Å². The van der Waals surface area contributed by atoms with Gasteiger partial charge >= 0.3 is 6.03 Å². The molecule has 1 aliphatic rings. The number of likely N-dealkylation sites (tertiary alicyclic amines) is 1. The summed E-state index contributed by atoms with van der Waals surface area (Å²) in [6.07, 6.45) is 3.42. The molecule has 1 atom stereocenters. The Kier molecular flexibility index (Phi) is 5.11. The Morgan fingerprint density at radius 1 is 1.19 bits per heavy atom. The van der Waals surface area contributed by atoms with E-state index in [1.807, 2.05) is 60.4 Å². The molecule has 0 aliphatic carbocycles. The van der Waals surface area contributed by atoms with Crippen LogP contribution in [0.4, 0.5) is 10.5 Å². The van der Waals surface area contributed by atoms with Crippen LogP contribution in [0.2, 0.25) is 5.02 Å². The van der Waals surface area contributed by atoms with E-state index in [-0.39, 0.29) is 12.1 Å². The zero-order valence-electron chi connectivity index (χ0n) is 17.1. The van der Waals surface area contributed by atoms with Gasteiger partial charge in [0.1, 0.15) is 11.4 Å². The van der Waals surface area contributed by atoms with Crippen LogP contribution in [0.15, 0.2) is 59.2 Å². The molecule has 0 saturated carbocycles. The SMILES string of the molecule is Cc1nnc([C@H]2CCCN2C(=O)Nc2ccc3occc3c2)n1Cc1ccc(Cl)cc1. The number of aromatic nitrogens is 3. The van der Waals surface area contributed by atoms with Gasteiger partial charge in [-0.15, -0.1) is 10.2 Å². The lowest BCUT2D eigenvalue weighted by molar-refractivity contribution is 0.204. The van der Waals surface area contributed by atoms with Crippen LogP contribution in [0.25, 0.3) is 11.0 Å².